The van der Waals surface area contributed by atoms with Gasteiger partial charge in [-0.3, -0.25) is 9.59 Å². The highest BCUT2D eigenvalue weighted by molar-refractivity contribution is 6.10. The number of nitrogens with one attached hydrogen (secondary N) is 3. The van der Waals surface area contributed by atoms with Crippen molar-refractivity contribution in [2.24, 2.45) is 0 Å². The molecule has 0 aliphatic carbocycles. The molecule has 32 heavy (non-hydrogen) atoms. The molecule has 5 nitrogen and oxygen atoms in total. The maximum Gasteiger partial charge on any atom is 0.257 e. The van der Waals surface area contributed by atoms with Crippen LogP contribution in [0.1, 0.15) is 10.4 Å². The summed E-state index contributed by atoms with van der Waals surface area (Å²) in [5, 5.41) is 3.53. The van der Waals surface area contributed by atoms with Gasteiger partial charge in [0.1, 0.15) is 5.82 Å². The summed E-state index contributed by atoms with van der Waals surface area (Å²) >= 11 is 0. The number of carbonyl (C=O) groups is 1. The molecule has 1 amide bonds. The van der Waals surface area contributed by atoms with Crippen LogP contribution in [0, 0.1) is 5.82 Å². The maximum absolute atomic E-state index is 13.5. The average molecular weight is 423 g/mol. The van der Waals surface area contributed by atoms with Gasteiger partial charge < -0.3 is 15.3 Å². The van der Waals surface area contributed by atoms with Crippen LogP contribution in [-0.2, 0) is 0 Å². The molecule has 0 fully saturated rings. The molecule has 0 spiro atoms. The highest BCUT2D eigenvalue weighted by Gasteiger charge is 2.18. The molecule has 0 saturated heterocycles. The molecule has 0 saturated carbocycles. The van der Waals surface area contributed by atoms with E-state index >= 15 is 0 Å². The molecule has 0 aliphatic rings. The lowest BCUT2D eigenvalue weighted by Crippen LogP contribution is -2.11. The fraction of sp³-hybridized carbons (Fsp3) is 0. The number of hydrogen-bond donors (Lipinski definition) is 3. The minimum Gasteiger partial charge on any atom is -0.354 e. The zero-order valence-electron chi connectivity index (χ0n) is 16.9. The first kappa shape index (κ1) is 19.5. The van der Waals surface area contributed by atoms with Gasteiger partial charge in [0, 0.05) is 33.9 Å². The second-order valence-corrected chi connectivity index (χ2v) is 7.38. The van der Waals surface area contributed by atoms with E-state index in [0.29, 0.717) is 22.5 Å². The molecule has 0 atom stereocenters. The second-order valence-electron chi connectivity index (χ2n) is 7.38. The fourth-order valence-electron chi connectivity index (χ4n) is 3.83. The van der Waals surface area contributed by atoms with Crippen molar-refractivity contribution >= 4 is 22.5 Å². The van der Waals surface area contributed by atoms with Crippen molar-refractivity contribution in [2.75, 3.05) is 5.32 Å². The van der Waals surface area contributed by atoms with Gasteiger partial charge in [-0.25, -0.2) is 4.39 Å². The number of fused-ring (bicyclic) bond motifs is 1. The van der Waals surface area contributed by atoms with Crippen molar-refractivity contribution < 1.29 is 9.18 Å². The van der Waals surface area contributed by atoms with Gasteiger partial charge in [-0.05, 0) is 54.1 Å². The van der Waals surface area contributed by atoms with E-state index in [4.69, 9.17) is 0 Å². The van der Waals surface area contributed by atoms with Crippen LogP contribution in [0.15, 0.2) is 95.9 Å². The monoisotopic (exact) mass is 423 g/mol. The lowest BCUT2D eigenvalue weighted by molar-refractivity contribution is 0.102. The molecule has 5 aromatic rings. The van der Waals surface area contributed by atoms with E-state index in [1.807, 2.05) is 36.4 Å². The number of aromatic nitrogens is 2. The first-order valence-corrected chi connectivity index (χ1v) is 10.1. The molecule has 0 aliphatic heterocycles. The Bertz CT molecular complexity index is 1500. The van der Waals surface area contributed by atoms with E-state index in [1.54, 1.807) is 36.5 Å². The topological polar surface area (TPSA) is 77.8 Å². The minimum atomic E-state index is -0.423. The average Bonchev–Trinajstić information content (AvgIpc) is 3.18. The van der Waals surface area contributed by atoms with Crippen LogP contribution in [0.2, 0.25) is 0 Å². The lowest BCUT2D eigenvalue weighted by atomic mass is 9.98. The van der Waals surface area contributed by atoms with Gasteiger partial charge in [0.25, 0.3) is 11.5 Å². The van der Waals surface area contributed by atoms with E-state index in [9.17, 15) is 14.0 Å². The highest BCUT2D eigenvalue weighted by Crippen LogP contribution is 2.37. The van der Waals surface area contributed by atoms with Crippen molar-refractivity contribution in [1.29, 1.82) is 0 Å². The summed E-state index contributed by atoms with van der Waals surface area (Å²) in [4.78, 5) is 31.4. The number of rotatable bonds is 4. The molecule has 2 aromatic heterocycles. The molecular formula is C26H18FN3O2. The van der Waals surface area contributed by atoms with E-state index < -0.39 is 5.82 Å². The zero-order valence-corrected chi connectivity index (χ0v) is 16.9. The molecule has 0 unspecified atom stereocenters. The number of benzene rings is 3. The Kier molecular flexibility index (Phi) is 4.88. The maximum atomic E-state index is 13.5. The van der Waals surface area contributed by atoms with Crippen LogP contribution < -0.4 is 10.9 Å². The number of pyridine rings is 1. The molecule has 0 bridgehead atoms. The summed E-state index contributed by atoms with van der Waals surface area (Å²) in [5.41, 5.74) is 4.32. The Morgan fingerprint density at radius 2 is 1.72 bits per heavy atom. The van der Waals surface area contributed by atoms with E-state index in [2.05, 4.69) is 15.3 Å². The second kappa shape index (κ2) is 8.00. The Morgan fingerprint density at radius 1 is 0.875 bits per heavy atom. The van der Waals surface area contributed by atoms with Gasteiger partial charge in [0.2, 0.25) is 0 Å². The summed E-state index contributed by atoms with van der Waals surface area (Å²) in [7, 11) is 0. The molecule has 6 heteroatoms. The predicted octanol–water partition coefficient (Wildman–Crippen LogP) is 5.58. The Labute approximate surface area is 182 Å². The summed E-state index contributed by atoms with van der Waals surface area (Å²) in [6.45, 7) is 0. The standard InChI is InChI=1S/C26H18FN3O2/c27-18-8-4-9-19(15-18)29-25(31)17-11-12-22-21(14-17)23(16-6-2-1-3-7-16)24(30-22)20-10-5-13-28-26(20)32/h1-15,30H,(H,28,32)(H,29,31). The molecule has 156 valence electrons. The predicted molar refractivity (Wildman–Crippen MR) is 124 cm³/mol. The van der Waals surface area contributed by atoms with Crippen LogP contribution in [0.3, 0.4) is 0 Å². The molecule has 3 aromatic carbocycles. The summed E-state index contributed by atoms with van der Waals surface area (Å²) < 4.78 is 13.5. The van der Waals surface area contributed by atoms with Gasteiger partial charge in [-0.1, -0.05) is 36.4 Å². The summed E-state index contributed by atoms with van der Waals surface area (Å²) in [6.07, 6.45) is 1.59. The number of amides is 1. The van der Waals surface area contributed by atoms with Crippen LogP contribution in [0.5, 0.6) is 0 Å². The van der Waals surface area contributed by atoms with Crippen LogP contribution >= 0.6 is 0 Å². The third-order valence-corrected chi connectivity index (χ3v) is 5.29. The first-order chi connectivity index (χ1) is 15.6. The number of hydrogen-bond acceptors (Lipinski definition) is 2. The third-order valence-electron chi connectivity index (χ3n) is 5.29. The van der Waals surface area contributed by atoms with Crippen molar-refractivity contribution in [1.82, 2.24) is 9.97 Å². The van der Waals surface area contributed by atoms with Crippen molar-refractivity contribution in [3.63, 3.8) is 0 Å². The van der Waals surface area contributed by atoms with Crippen molar-refractivity contribution in [3.05, 3.63) is 113 Å². The van der Waals surface area contributed by atoms with Gasteiger partial charge in [0.15, 0.2) is 0 Å². The quantitative estimate of drug-likeness (QED) is 0.353. The largest absolute Gasteiger partial charge is 0.354 e. The van der Waals surface area contributed by atoms with Crippen LogP contribution in [-0.4, -0.2) is 15.9 Å². The Balaban J connectivity index is 1.66. The van der Waals surface area contributed by atoms with Gasteiger partial charge in [0.05, 0.1) is 11.3 Å². The van der Waals surface area contributed by atoms with E-state index in [1.165, 1.54) is 18.2 Å². The Hall–Kier alpha value is -4.45. The SMILES string of the molecule is O=C(Nc1cccc(F)c1)c1ccc2[nH]c(-c3ccc[nH]c3=O)c(-c3ccccc3)c2c1. The molecular weight excluding hydrogens is 405 g/mol. The van der Waals surface area contributed by atoms with Crippen LogP contribution in [0.4, 0.5) is 10.1 Å². The Morgan fingerprint density at radius 3 is 2.50 bits per heavy atom. The number of carbonyl (C=O) groups excluding carboxylic acids is 1. The minimum absolute atomic E-state index is 0.208. The fourth-order valence-corrected chi connectivity index (χ4v) is 3.83. The van der Waals surface area contributed by atoms with Crippen molar-refractivity contribution in [2.45, 2.75) is 0 Å². The van der Waals surface area contributed by atoms with Gasteiger partial charge in [-0.15, -0.1) is 0 Å². The summed E-state index contributed by atoms with van der Waals surface area (Å²) in [5.74, 6) is -0.773. The first-order valence-electron chi connectivity index (χ1n) is 10.1. The smallest absolute Gasteiger partial charge is 0.257 e. The number of aromatic amines is 2. The number of halogens is 1. The summed E-state index contributed by atoms with van der Waals surface area (Å²) in [6, 6.07) is 24.3. The zero-order chi connectivity index (χ0) is 22.1. The number of anilines is 1. The van der Waals surface area contributed by atoms with Gasteiger partial charge >= 0.3 is 0 Å². The molecule has 5 rings (SSSR count). The van der Waals surface area contributed by atoms with E-state index in [-0.39, 0.29) is 11.5 Å². The van der Waals surface area contributed by atoms with Gasteiger partial charge in [-0.2, -0.15) is 0 Å². The highest BCUT2D eigenvalue weighted by atomic mass is 19.1. The third kappa shape index (κ3) is 3.58. The molecule has 0 radical (unpaired) electrons. The van der Waals surface area contributed by atoms with Crippen molar-refractivity contribution in [3.8, 4) is 22.4 Å². The van der Waals surface area contributed by atoms with Crippen LogP contribution in [0.25, 0.3) is 33.3 Å². The lowest BCUT2D eigenvalue weighted by Gasteiger charge is -2.07. The van der Waals surface area contributed by atoms with E-state index in [0.717, 1.165) is 22.0 Å². The normalized spacial score (nSPS) is 10.9. The molecule has 2 heterocycles. The molecule has 3 N–H and O–H groups in total. The number of H-pyrrole nitrogens is 2.